The lowest BCUT2D eigenvalue weighted by molar-refractivity contribution is 1.13. The van der Waals surface area contributed by atoms with Crippen LogP contribution in [-0.2, 0) is 0 Å². The average molecular weight is 298 g/mol. The van der Waals surface area contributed by atoms with Crippen LogP contribution in [0.3, 0.4) is 0 Å². The number of aromatic nitrogens is 1. The van der Waals surface area contributed by atoms with Gasteiger partial charge in [-0.2, -0.15) is 0 Å². The van der Waals surface area contributed by atoms with E-state index in [1.165, 1.54) is 5.69 Å². The molecule has 3 nitrogen and oxygen atoms in total. The molecule has 0 radical (unpaired) electrons. The summed E-state index contributed by atoms with van der Waals surface area (Å²) < 4.78 is 0. The highest BCUT2D eigenvalue weighted by Crippen LogP contribution is 2.28. The summed E-state index contributed by atoms with van der Waals surface area (Å²) in [5.74, 6) is 0. The van der Waals surface area contributed by atoms with Gasteiger partial charge in [0, 0.05) is 47.8 Å². The molecule has 0 bridgehead atoms. The molecule has 0 spiro atoms. The highest BCUT2D eigenvalue weighted by atomic mass is 35.5. The van der Waals surface area contributed by atoms with Gasteiger partial charge in [-0.05, 0) is 48.5 Å². The van der Waals surface area contributed by atoms with E-state index >= 15 is 0 Å². The molecule has 0 unspecified atom stereocenters. The second-order valence-electron chi connectivity index (χ2n) is 5.09. The first-order valence-electron chi connectivity index (χ1n) is 6.72. The predicted molar refractivity (Wildman–Crippen MR) is 90.8 cm³/mol. The fourth-order valence-electron chi connectivity index (χ4n) is 2.23. The Labute approximate surface area is 129 Å². The summed E-state index contributed by atoms with van der Waals surface area (Å²) in [5.41, 5.74) is 4.13. The van der Waals surface area contributed by atoms with E-state index in [0.29, 0.717) is 5.02 Å². The van der Waals surface area contributed by atoms with Crippen molar-refractivity contribution in [1.29, 1.82) is 0 Å². The van der Waals surface area contributed by atoms with Crippen LogP contribution in [-0.4, -0.2) is 19.1 Å². The molecular weight excluding hydrogens is 282 g/mol. The van der Waals surface area contributed by atoms with Crippen LogP contribution in [0.5, 0.6) is 0 Å². The number of hydrogen-bond donors (Lipinski definition) is 1. The Balaban J connectivity index is 1.96. The molecule has 0 aliphatic carbocycles. The normalized spacial score (nSPS) is 10.6. The van der Waals surface area contributed by atoms with Gasteiger partial charge >= 0.3 is 0 Å². The Morgan fingerprint density at radius 1 is 1.00 bits per heavy atom. The SMILES string of the molecule is CN(C)c1ccc(Nc2ccnc3ccc(Cl)cc23)cc1. The van der Waals surface area contributed by atoms with Crippen LogP contribution < -0.4 is 10.2 Å². The molecule has 0 saturated carbocycles. The number of hydrogen-bond acceptors (Lipinski definition) is 3. The second-order valence-corrected chi connectivity index (χ2v) is 5.52. The average Bonchev–Trinajstić information content (AvgIpc) is 2.48. The van der Waals surface area contributed by atoms with Gasteiger partial charge in [0.25, 0.3) is 0 Å². The number of benzene rings is 2. The first kappa shape index (κ1) is 13.7. The molecule has 21 heavy (non-hydrogen) atoms. The minimum atomic E-state index is 0.710. The molecule has 106 valence electrons. The van der Waals surface area contributed by atoms with E-state index in [0.717, 1.165) is 22.3 Å². The Morgan fingerprint density at radius 2 is 1.76 bits per heavy atom. The summed E-state index contributed by atoms with van der Waals surface area (Å²) in [6.45, 7) is 0. The lowest BCUT2D eigenvalue weighted by Crippen LogP contribution is -2.08. The van der Waals surface area contributed by atoms with Crippen molar-refractivity contribution in [3.05, 3.63) is 59.8 Å². The van der Waals surface area contributed by atoms with E-state index in [9.17, 15) is 0 Å². The van der Waals surface area contributed by atoms with Gasteiger partial charge in [0.15, 0.2) is 0 Å². The van der Waals surface area contributed by atoms with Gasteiger partial charge in [-0.3, -0.25) is 4.98 Å². The Hall–Kier alpha value is -2.26. The molecule has 3 rings (SSSR count). The van der Waals surface area contributed by atoms with E-state index < -0.39 is 0 Å². The first-order chi connectivity index (χ1) is 10.1. The number of pyridine rings is 1. The maximum atomic E-state index is 6.09. The van der Waals surface area contributed by atoms with Gasteiger partial charge in [-0.1, -0.05) is 11.6 Å². The van der Waals surface area contributed by atoms with Gasteiger partial charge in [-0.25, -0.2) is 0 Å². The third-order valence-corrected chi connectivity index (χ3v) is 3.60. The van der Waals surface area contributed by atoms with Crippen LogP contribution in [0.4, 0.5) is 17.1 Å². The molecule has 0 fully saturated rings. The highest BCUT2D eigenvalue weighted by Gasteiger charge is 2.04. The third kappa shape index (κ3) is 2.93. The van der Waals surface area contributed by atoms with Crippen molar-refractivity contribution in [3.8, 4) is 0 Å². The van der Waals surface area contributed by atoms with E-state index in [-0.39, 0.29) is 0 Å². The smallest absolute Gasteiger partial charge is 0.0723 e. The number of fused-ring (bicyclic) bond motifs is 1. The van der Waals surface area contributed by atoms with Gasteiger partial charge in [-0.15, -0.1) is 0 Å². The van der Waals surface area contributed by atoms with Crippen molar-refractivity contribution in [2.45, 2.75) is 0 Å². The highest BCUT2D eigenvalue weighted by molar-refractivity contribution is 6.31. The molecule has 0 atom stereocenters. The molecule has 0 aliphatic rings. The van der Waals surface area contributed by atoms with Crippen molar-refractivity contribution in [2.24, 2.45) is 0 Å². The summed E-state index contributed by atoms with van der Waals surface area (Å²) in [5, 5.41) is 5.15. The van der Waals surface area contributed by atoms with Crippen molar-refractivity contribution in [2.75, 3.05) is 24.3 Å². The maximum absolute atomic E-state index is 6.09. The maximum Gasteiger partial charge on any atom is 0.0723 e. The number of rotatable bonds is 3. The molecule has 3 aromatic rings. The topological polar surface area (TPSA) is 28.2 Å². The second kappa shape index (κ2) is 5.62. The molecule has 1 N–H and O–H groups in total. The van der Waals surface area contributed by atoms with Gasteiger partial charge in [0.2, 0.25) is 0 Å². The lowest BCUT2D eigenvalue weighted by atomic mass is 10.1. The van der Waals surface area contributed by atoms with Crippen molar-refractivity contribution in [1.82, 2.24) is 4.98 Å². The standard InChI is InChI=1S/C17H16ClN3/c1-21(2)14-6-4-13(5-7-14)20-17-9-10-19-16-8-3-12(18)11-15(16)17/h3-11H,1-2H3,(H,19,20). The lowest BCUT2D eigenvalue weighted by Gasteiger charge is -2.14. The van der Waals surface area contributed by atoms with E-state index in [1.54, 1.807) is 6.20 Å². The quantitative estimate of drug-likeness (QED) is 0.759. The summed E-state index contributed by atoms with van der Waals surface area (Å²) in [4.78, 5) is 6.43. The zero-order chi connectivity index (χ0) is 14.8. The van der Waals surface area contributed by atoms with Crippen LogP contribution in [0.1, 0.15) is 0 Å². The van der Waals surface area contributed by atoms with Crippen LogP contribution >= 0.6 is 11.6 Å². The molecule has 4 heteroatoms. The molecule has 0 saturated heterocycles. The van der Waals surface area contributed by atoms with Crippen LogP contribution in [0.15, 0.2) is 54.7 Å². The van der Waals surface area contributed by atoms with Gasteiger partial charge < -0.3 is 10.2 Å². The molecule has 0 aliphatic heterocycles. The fraction of sp³-hybridized carbons (Fsp3) is 0.118. The summed E-state index contributed by atoms with van der Waals surface area (Å²) in [6, 6.07) is 16.0. The minimum Gasteiger partial charge on any atom is -0.378 e. The van der Waals surface area contributed by atoms with Crippen LogP contribution in [0.25, 0.3) is 10.9 Å². The largest absolute Gasteiger partial charge is 0.378 e. The molecule has 2 aromatic carbocycles. The predicted octanol–water partition coefficient (Wildman–Crippen LogP) is 4.70. The van der Waals surface area contributed by atoms with E-state index in [2.05, 4.69) is 39.5 Å². The van der Waals surface area contributed by atoms with Gasteiger partial charge in [0.05, 0.1) is 5.52 Å². The summed E-state index contributed by atoms with van der Waals surface area (Å²) >= 11 is 6.09. The molecule has 1 aromatic heterocycles. The summed E-state index contributed by atoms with van der Waals surface area (Å²) in [6.07, 6.45) is 1.80. The van der Waals surface area contributed by atoms with Crippen molar-refractivity contribution in [3.63, 3.8) is 0 Å². The first-order valence-corrected chi connectivity index (χ1v) is 7.10. The van der Waals surface area contributed by atoms with Crippen molar-refractivity contribution >= 4 is 39.6 Å². The van der Waals surface area contributed by atoms with E-state index in [4.69, 9.17) is 11.6 Å². The zero-order valence-electron chi connectivity index (χ0n) is 12.0. The van der Waals surface area contributed by atoms with Gasteiger partial charge in [0.1, 0.15) is 0 Å². The fourth-order valence-corrected chi connectivity index (χ4v) is 2.40. The molecule has 1 heterocycles. The Kier molecular flexibility index (Phi) is 3.67. The van der Waals surface area contributed by atoms with Crippen LogP contribution in [0.2, 0.25) is 5.02 Å². The summed E-state index contributed by atoms with van der Waals surface area (Å²) in [7, 11) is 4.06. The van der Waals surface area contributed by atoms with E-state index in [1.807, 2.05) is 38.4 Å². The van der Waals surface area contributed by atoms with Crippen molar-refractivity contribution < 1.29 is 0 Å². The number of halogens is 1. The van der Waals surface area contributed by atoms with Crippen LogP contribution in [0, 0.1) is 0 Å². The molecule has 0 amide bonds. The number of nitrogens with zero attached hydrogens (tertiary/aromatic N) is 2. The number of nitrogens with one attached hydrogen (secondary N) is 1. The number of anilines is 3. The third-order valence-electron chi connectivity index (χ3n) is 3.37. The monoisotopic (exact) mass is 297 g/mol. The Bertz CT molecular complexity index is 767. The molecular formula is C17H16ClN3. The minimum absolute atomic E-state index is 0.710. The Morgan fingerprint density at radius 3 is 2.48 bits per heavy atom. The zero-order valence-corrected chi connectivity index (χ0v) is 12.7.